The molecule has 1 fully saturated rings. The highest BCUT2D eigenvalue weighted by Crippen LogP contribution is 2.22. The van der Waals surface area contributed by atoms with Crippen LogP contribution in [-0.2, 0) is 16.4 Å². The van der Waals surface area contributed by atoms with Crippen LogP contribution in [0.2, 0.25) is 5.02 Å². The van der Waals surface area contributed by atoms with Crippen molar-refractivity contribution in [3.63, 3.8) is 0 Å². The van der Waals surface area contributed by atoms with Crippen LogP contribution in [0, 0.1) is 5.82 Å². The van der Waals surface area contributed by atoms with Crippen molar-refractivity contribution in [1.29, 1.82) is 0 Å². The lowest BCUT2D eigenvalue weighted by Crippen LogP contribution is -2.32. The van der Waals surface area contributed by atoms with Gasteiger partial charge in [0, 0.05) is 17.6 Å². The number of benzene rings is 1. The number of halogens is 2. The van der Waals surface area contributed by atoms with Gasteiger partial charge in [-0.25, -0.2) is 12.8 Å². The summed E-state index contributed by atoms with van der Waals surface area (Å²) in [6.07, 6.45) is 0.650. The van der Waals surface area contributed by atoms with Gasteiger partial charge < -0.3 is 0 Å². The Kier molecular flexibility index (Phi) is 3.94. The third kappa shape index (κ3) is 3.22. The third-order valence-corrected chi connectivity index (χ3v) is 5.37. The second-order valence-corrected chi connectivity index (χ2v) is 7.34. The minimum atomic E-state index is -2.88. The molecular weight excluding hydrogens is 277 g/mol. The predicted octanol–water partition coefficient (Wildman–Crippen LogP) is 2.10. The first-order valence-corrected chi connectivity index (χ1v) is 7.92. The molecule has 1 atom stereocenters. The largest absolute Gasteiger partial charge is 0.298 e. The average molecular weight is 292 g/mol. The summed E-state index contributed by atoms with van der Waals surface area (Å²) >= 11 is 5.95. The Morgan fingerprint density at radius 1 is 1.50 bits per heavy atom. The van der Waals surface area contributed by atoms with Gasteiger partial charge in [-0.05, 0) is 31.2 Å². The minimum Gasteiger partial charge on any atom is -0.298 e. The van der Waals surface area contributed by atoms with E-state index in [-0.39, 0.29) is 23.4 Å². The van der Waals surface area contributed by atoms with Gasteiger partial charge in [-0.2, -0.15) is 0 Å². The lowest BCUT2D eigenvalue weighted by molar-refractivity contribution is 0.254. The number of sulfone groups is 1. The second kappa shape index (κ2) is 5.15. The van der Waals surface area contributed by atoms with Gasteiger partial charge in [-0.3, -0.25) is 4.90 Å². The Bertz CT molecular complexity index is 547. The normalized spacial score (nSPS) is 22.6. The van der Waals surface area contributed by atoms with Crippen LogP contribution in [0.4, 0.5) is 4.39 Å². The monoisotopic (exact) mass is 291 g/mol. The first kappa shape index (κ1) is 13.8. The Morgan fingerprint density at radius 2 is 2.22 bits per heavy atom. The highest BCUT2D eigenvalue weighted by atomic mass is 35.5. The summed E-state index contributed by atoms with van der Waals surface area (Å²) in [5, 5.41) is 0.378. The second-order valence-electron chi connectivity index (χ2n) is 4.71. The van der Waals surface area contributed by atoms with Crippen LogP contribution in [0.5, 0.6) is 0 Å². The first-order valence-electron chi connectivity index (χ1n) is 5.72. The van der Waals surface area contributed by atoms with E-state index in [1.165, 1.54) is 12.1 Å². The SMILES string of the molecule is CN(Cc1ccc(F)cc1Cl)[C@H]1CCS(=O)(=O)C1. The smallest absolute Gasteiger partial charge is 0.151 e. The molecule has 0 N–H and O–H groups in total. The quantitative estimate of drug-likeness (QED) is 0.856. The number of nitrogens with zero attached hydrogens (tertiary/aromatic N) is 1. The fraction of sp³-hybridized carbons (Fsp3) is 0.500. The Balaban J connectivity index is 2.05. The van der Waals surface area contributed by atoms with E-state index >= 15 is 0 Å². The summed E-state index contributed by atoms with van der Waals surface area (Å²) in [4.78, 5) is 1.96. The zero-order valence-corrected chi connectivity index (χ0v) is 11.6. The number of rotatable bonds is 3. The van der Waals surface area contributed by atoms with Gasteiger partial charge in [0.25, 0.3) is 0 Å². The molecule has 0 aromatic heterocycles. The molecule has 3 nitrogen and oxygen atoms in total. The molecule has 1 aliphatic heterocycles. The Hall–Kier alpha value is -0.650. The van der Waals surface area contributed by atoms with Crippen molar-refractivity contribution in [3.8, 4) is 0 Å². The molecule has 2 rings (SSSR count). The maximum atomic E-state index is 12.9. The Morgan fingerprint density at radius 3 is 2.78 bits per heavy atom. The van der Waals surface area contributed by atoms with Crippen LogP contribution in [0.25, 0.3) is 0 Å². The van der Waals surface area contributed by atoms with Crippen molar-refractivity contribution < 1.29 is 12.8 Å². The van der Waals surface area contributed by atoms with Gasteiger partial charge in [0.05, 0.1) is 11.5 Å². The van der Waals surface area contributed by atoms with Crippen LogP contribution in [0.15, 0.2) is 18.2 Å². The van der Waals surface area contributed by atoms with Crippen molar-refractivity contribution in [1.82, 2.24) is 4.90 Å². The molecule has 18 heavy (non-hydrogen) atoms. The lowest BCUT2D eigenvalue weighted by Gasteiger charge is -2.23. The average Bonchev–Trinajstić information content (AvgIpc) is 2.63. The van der Waals surface area contributed by atoms with Crippen LogP contribution in [-0.4, -0.2) is 37.9 Å². The van der Waals surface area contributed by atoms with Crippen molar-refractivity contribution in [2.75, 3.05) is 18.6 Å². The van der Waals surface area contributed by atoms with E-state index in [1.807, 2.05) is 11.9 Å². The van der Waals surface area contributed by atoms with Crippen molar-refractivity contribution >= 4 is 21.4 Å². The highest BCUT2D eigenvalue weighted by Gasteiger charge is 2.30. The van der Waals surface area contributed by atoms with Crippen LogP contribution in [0.3, 0.4) is 0 Å². The molecule has 1 saturated heterocycles. The highest BCUT2D eigenvalue weighted by molar-refractivity contribution is 7.91. The van der Waals surface area contributed by atoms with Crippen molar-refractivity contribution in [2.45, 2.75) is 19.0 Å². The molecule has 0 amide bonds. The van der Waals surface area contributed by atoms with Gasteiger partial charge in [-0.1, -0.05) is 17.7 Å². The molecular formula is C12H15ClFNO2S. The lowest BCUT2D eigenvalue weighted by atomic mass is 10.1. The summed E-state index contributed by atoms with van der Waals surface area (Å²) in [5.74, 6) is 0.0800. The van der Waals surface area contributed by atoms with Crippen LogP contribution < -0.4 is 0 Å². The maximum Gasteiger partial charge on any atom is 0.151 e. The van der Waals surface area contributed by atoms with E-state index < -0.39 is 9.84 Å². The predicted molar refractivity (Wildman–Crippen MR) is 69.9 cm³/mol. The molecule has 0 spiro atoms. The molecule has 0 aliphatic carbocycles. The number of hydrogen-bond donors (Lipinski definition) is 0. The fourth-order valence-corrected chi connectivity index (χ4v) is 4.20. The zero-order valence-electron chi connectivity index (χ0n) is 10.1. The number of hydrogen-bond acceptors (Lipinski definition) is 3. The summed E-state index contributed by atoms with van der Waals surface area (Å²) in [5.41, 5.74) is 0.810. The van der Waals surface area contributed by atoms with Crippen molar-refractivity contribution in [3.05, 3.63) is 34.6 Å². The van der Waals surface area contributed by atoms with E-state index in [4.69, 9.17) is 11.6 Å². The molecule has 1 aromatic carbocycles. The third-order valence-electron chi connectivity index (χ3n) is 3.27. The molecule has 100 valence electrons. The molecule has 0 unspecified atom stereocenters. The van der Waals surface area contributed by atoms with E-state index in [0.29, 0.717) is 18.0 Å². The zero-order chi connectivity index (χ0) is 13.3. The van der Waals surface area contributed by atoms with Crippen molar-refractivity contribution in [2.24, 2.45) is 0 Å². The molecule has 0 bridgehead atoms. The first-order chi connectivity index (χ1) is 8.37. The standard InChI is InChI=1S/C12H15ClFNO2S/c1-15(11-4-5-18(16,17)8-11)7-9-2-3-10(14)6-12(9)13/h2-3,6,11H,4-5,7-8H2,1H3/t11-/m0/s1. The molecule has 1 heterocycles. The fourth-order valence-electron chi connectivity index (χ4n) is 2.17. The van der Waals surface area contributed by atoms with E-state index in [1.54, 1.807) is 6.07 Å². The van der Waals surface area contributed by atoms with Gasteiger partial charge >= 0.3 is 0 Å². The maximum absolute atomic E-state index is 12.9. The topological polar surface area (TPSA) is 37.4 Å². The van der Waals surface area contributed by atoms with Gasteiger partial charge in [-0.15, -0.1) is 0 Å². The molecule has 6 heteroatoms. The van der Waals surface area contributed by atoms with E-state index in [2.05, 4.69) is 0 Å². The van der Waals surface area contributed by atoms with E-state index in [0.717, 1.165) is 5.56 Å². The van der Waals surface area contributed by atoms with Gasteiger partial charge in [0.1, 0.15) is 5.82 Å². The van der Waals surface area contributed by atoms with Crippen LogP contribution in [0.1, 0.15) is 12.0 Å². The molecule has 1 aliphatic rings. The Labute approximate surface area is 111 Å². The van der Waals surface area contributed by atoms with Gasteiger partial charge in [0.15, 0.2) is 9.84 Å². The van der Waals surface area contributed by atoms with Gasteiger partial charge in [0.2, 0.25) is 0 Å². The molecule has 0 radical (unpaired) electrons. The molecule has 1 aromatic rings. The van der Waals surface area contributed by atoms with Crippen LogP contribution >= 0.6 is 11.6 Å². The molecule has 0 saturated carbocycles. The summed E-state index contributed by atoms with van der Waals surface area (Å²) in [6, 6.07) is 4.30. The summed E-state index contributed by atoms with van der Waals surface area (Å²) < 4.78 is 35.7. The summed E-state index contributed by atoms with van der Waals surface area (Å²) in [7, 11) is -1.02. The minimum absolute atomic E-state index is 0.0242. The summed E-state index contributed by atoms with van der Waals surface area (Å²) in [6.45, 7) is 0.527. The van der Waals surface area contributed by atoms with E-state index in [9.17, 15) is 12.8 Å².